The van der Waals surface area contributed by atoms with Gasteiger partial charge in [0, 0.05) is 17.7 Å². The van der Waals surface area contributed by atoms with Crippen LogP contribution in [0.3, 0.4) is 0 Å². The minimum atomic E-state index is -4.86. The van der Waals surface area contributed by atoms with Crippen molar-refractivity contribution in [3.63, 3.8) is 0 Å². The fraction of sp³-hybridized carbons (Fsp3) is 0.0857. The van der Waals surface area contributed by atoms with E-state index >= 15 is 0 Å². The second-order valence-corrected chi connectivity index (χ2v) is 14.4. The standard InChI is InChI=1S/C35H31N2O4PS/c1-3-4-6-13-26(2)43(40,41)37-33-23-21-29-17-10-12-19-31(29)35(33)34-30-18-11-9-16-28(30)20-22-32(34)36(42(37,38)39)25-24-27-14-7-5-8-15-27/h3-23H,2,24-25H2,1H3,(H,38,39)/b4-3-,13-6-. The van der Waals surface area contributed by atoms with Crippen molar-refractivity contribution in [3.05, 3.63) is 144 Å². The summed E-state index contributed by atoms with van der Waals surface area (Å²) in [5.74, 6) is 0. The van der Waals surface area contributed by atoms with E-state index in [4.69, 9.17) is 0 Å². The molecule has 6 rings (SSSR count). The molecule has 0 saturated heterocycles. The van der Waals surface area contributed by atoms with E-state index in [0.29, 0.717) is 27.3 Å². The molecule has 1 atom stereocenters. The van der Waals surface area contributed by atoms with Gasteiger partial charge < -0.3 is 4.89 Å². The van der Waals surface area contributed by atoms with Crippen LogP contribution in [0.15, 0.2) is 139 Å². The first-order valence-electron chi connectivity index (χ1n) is 14.0. The van der Waals surface area contributed by atoms with E-state index in [2.05, 4.69) is 6.58 Å². The fourth-order valence-corrected chi connectivity index (χ4v) is 9.70. The average molecular weight is 607 g/mol. The van der Waals surface area contributed by atoms with Crippen LogP contribution in [0.1, 0.15) is 12.5 Å². The molecule has 8 heteroatoms. The van der Waals surface area contributed by atoms with Gasteiger partial charge in [-0.25, -0.2) is 13.0 Å². The number of fused-ring (bicyclic) bond motifs is 7. The Morgan fingerprint density at radius 1 is 0.791 bits per heavy atom. The van der Waals surface area contributed by atoms with Crippen LogP contribution >= 0.6 is 7.67 Å². The van der Waals surface area contributed by atoms with Gasteiger partial charge in [0.1, 0.15) is 0 Å². The van der Waals surface area contributed by atoms with Gasteiger partial charge in [-0.15, -0.1) is 0 Å². The zero-order valence-corrected chi connectivity index (χ0v) is 25.4. The molecule has 0 saturated carbocycles. The molecule has 0 bridgehead atoms. The topological polar surface area (TPSA) is 77.9 Å². The Bertz CT molecular complexity index is 2090. The highest BCUT2D eigenvalue weighted by atomic mass is 32.2. The summed E-state index contributed by atoms with van der Waals surface area (Å²) < 4.78 is 45.8. The third kappa shape index (κ3) is 5.00. The van der Waals surface area contributed by atoms with E-state index in [0.717, 1.165) is 27.1 Å². The molecule has 0 aliphatic carbocycles. The van der Waals surface area contributed by atoms with Crippen molar-refractivity contribution in [1.29, 1.82) is 0 Å². The summed E-state index contributed by atoms with van der Waals surface area (Å²) in [5, 5.41) is 3.45. The SMILES string of the molecule is C=C(/C=C\C=C/C)S(=O)(=O)N1c2ccc3ccccc3c2-c2c(ccc3ccccc23)N(CCc2ccccc2)P1(=O)O. The van der Waals surface area contributed by atoms with E-state index in [1.165, 1.54) is 10.7 Å². The Hall–Kier alpha value is -4.42. The number of hydrogen-bond acceptors (Lipinski definition) is 3. The molecule has 43 heavy (non-hydrogen) atoms. The van der Waals surface area contributed by atoms with Crippen LogP contribution in [-0.2, 0) is 21.0 Å². The van der Waals surface area contributed by atoms with E-state index in [-0.39, 0.29) is 17.1 Å². The van der Waals surface area contributed by atoms with Crippen LogP contribution in [0.4, 0.5) is 11.4 Å². The summed E-state index contributed by atoms with van der Waals surface area (Å²) in [6.45, 7) is 5.73. The smallest absolute Gasteiger partial charge is 0.312 e. The van der Waals surface area contributed by atoms with Gasteiger partial charge in [0.2, 0.25) is 0 Å². The zero-order chi connectivity index (χ0) is 30.2. The van der Waals surface area contributed by atoms with E-state index in [9.17, 15) is 17.9 Å². The van der Waals surface area contributed by atoms with Gasteiger partial charge in [0.05, 0.1) is 16.3 Å². The molecule has 1 aliphatic rings. The van der Waals surface area contributed by atoms with Crippen molar-refractivity contribution >= 4 is 50.6 Å². The number of sulfonamides is 1. The molecule has 0 aromatic heterocycles. The third-order valence-corrected chi connectivity index (χ3v) is 12.2. The summed E-state index contributed by atoms with van der Waals surface area (Å²) in [5.41, 5.74) is 2.87. The van der Waals surface area contributed by atoms with Crippen molar-refractivity contribution in [1.82, 2.24) is 0 Å². The minimum absolute atomic E-state index is 0.0992. The van der Waals surface area contributed by atoms with Crippen LogP contribution in [0.2, 0.25) is 0 Å². The maximum atomic E-state index is 15.0. The van der Waals surface area contributed by atoms with Gasteiger partial charge in [0.25, 0.3) is 10.0 Å². The Kier molecular flexibility index (Phi) is 7.57. The largest absolute Gasteiger partial charge is 0.408 e. The van der Waals surface area contributed by atoms with Gasteiger partial charge in [0.15, 0.2) is 0 Å². The number of benzene rings is 5. The van der Waals surface area contributed by atoms with E-state index < -0.39 is 17.7 Å². The Morgan fingerprint density at radius 2 is 1.35 bits per heavy atom. The number of hydrogen-bond donors (Lipinski definition) is 1. The highest BCUT2D eigenvalue weighted by Crippen LogP contribution is 2.63. The van der Waals surface area contributed by atoms with Gasteiger partial charge in [-0.3, -0.25) is 4.67 Å². The number of allylic oxidation sites excluding steroid dienone is 4. The molecule has 0 spiro atoms. The Balaban J connectivity index is 1.71. The summed E-state index contributed by atoms with van der Waals surface area (Å²) in [4.78, 5) is 11.9. The lowest BCUT2D eigenvalue weighted by molar-refractivity contribution is 0.474. The number of anilines is 2. The van der Waals surface area contributed by atoms with Gasteiger partial charge in [-0.2, -0.15) is 4.08 Å². The molecule has 1 N–H and O–H groups in total. The molecular formula is C35H31N2O4PS. The van der Waals surface area contributed by atoms with Gasteiger partial charge in [-0.1, -0.05) is 116 Å². The quantitative estimate of drug-likeness (QED) is 0.148. The van der Waals surface area contributed by atoms with Crippen LogP contribution in [0.5, 0.6) is 0 Å². The molecule has 1 heterocycles. The van der Waals surface area contributed by atoms with Crippen molar-refractivity contribution < 1.29 is 17.9 Å². The van der Waals surface area contributed by atoms with Crippen molar-refractivity contribution in [2.45, 2.75) is 13.3 Å². The van der Waals surface area contributed by atoms with Gasteiger partial charge >= 0.3 is 7.67 Å². The molecule has 1 unspecified atom stereocenters. The molecule has 0 amide bonds. The molecule has 0 radical (unpaired) electrons. The normalized spacial score (nSPS) is 17.0. The molecular weight excluding hydrogens is 575 g/mol. The molecule has 6 nitrogen and oxygen atoms in total. The lowest BCUT2D eigenvalue weighted by Crippen LogP contribution is -2.36. The van der Waals surface area contributed by atoms with Crippen LogP contribution in [0, 0.1) is 0 Å². The monoisotopic (exact) mass is 606 g/mol. The zero-order valence-electron chi connectivity index (χ0n) is 23.7. The summed E-state index contributed by atoms with van der Waals surface area (Å²) in [6, 6.07) is 32.3. The predicted octanol–water partition coefficient (Wildman–Crippen LogP) is 8.61. The molecule has 1 aliphatic heterocycles. The second-order valence-electron chi connectivity index (χ2n) is 10.3. The molecule has 216 valence electrons. The van der Waals surface area contributed by atoms with Crippen LogP contribution in [-0.4, -0.2) is 19.9 Å². The summed E-state index contributed by atoms with van der Waals surface area (Å²) >= 11 is 0. The lowest BCUT2D eigenvalue weighted by Gasteiger charge is -2.35. The average Bonchev–Trinajstić information content (AvgIpc) is 3.10. The van der Waals surface area contributed by atoms with Gasteiger partial charge in [-0.05, 0) is 58.7 Å². The first-order valence-corrected chi connectivity index (χ1v) is 17.0. The minimum Gasteiger partial charge on any atom is -0.312 e. The second kappa shape index (κ2) is 11.3. The number of rotatable bonds is 7. The molecule has 5 aromatic carbocycles. The van der Waals surface area contributed by atoms with E-state index in [1.807, 2.05) is 97.9 Å². The highest BCUT2D eigenvalue weighted by molar-refractivity contribution is 8.03. The Labute approximate surface area is 252 Å². The first kappa shape index (κ1) is 28.7. The fourth-order valence-electron chi connectivity index (χ4n) is 5.67. The highest BCUT2D eigenvalue weighted by Gasteiger charge is 2.48. The molecule has 5 aromatic rings. The number of nitrogens with zero attached hydrogens (tertiary/aromatic N) is 2. The maximum Gasteiger partial charge on any atom is 0.408 e. The van der Waals surface area contributed by atoms with Crippen molar-refractivity contribution in [3.8, 4) is 11.1 Å². The first-order chi connectivity index (χ1) is 20.7. The van der Waals surface area contributed by atoms with Crippen molar-refractivity contribution in [2.24, 2.45) is 0 Å². The summed E-state index contributed by atoms with van der Waals surface area (Å²) in [6.07, 6.45) is 6.75. The molecule has 0 fully saturated rings. The third-order valence-electron chi connectivity index (χ3n) is 7.70. The lowest BCUT2D eigenvalue weighted by atomic mass is 9.91. The summed E-state index contributed by atoms with van der Waals surface area (Å²) in [7, 11) is -9.44. The maximum absolute atomic E-state index is 15.0. The van der Waals surface area contributed by atoms with Crippen LogP contribution < -0.4 is 8.75 Å². The van der Waals surface area contributed by atoms with Crippen molar-refractivity contribution in [2.75, 3.05) is 15.3 Å². The van der Waals surface area contributed by atoms with Crippen LogP contribution in [0.25, 0.3) is 32.7 Å². The predicted molar refractivity (Wildman–Crippen MR) is 179 cm³/mol. The Morgan fingerprint density at radius 3 is 1.98 bits per heavy atom. The van der Waals surface area contributed by atoms with E-state index in [1.54, 1.807) is 30.4 Å².